The fraction of sp³-hybridized carbons (Fsp3) is 0.364. The molecular formula is C22H23FN6O2. The molecule has 160 valence electrons. The zero-order valence-electron chi connectivity index (χ0n) is 17.2. The van der Waals surface area contributed by atoms with E-state index >= 15 is 0 Å². The van der Waals surface area contributed by atoms with Gasteiger partial charge in [0, 0.05) is 56.7 Å². The number of aryl methyl sites for hydroxylation is 1. The summed E-state index contributed by atoms with van der Waals surface area (Å²) in [4.78, 5) is 8.54. The molecule has 8 nitrogen and oxygen atoms in total. The van der Waals surface area contributed by atoms with Crippen molar-refractivity contribution >= 4 is 0 Å². The Balaban J connectivity index is 1.65. The van der Waals surface area contributed by atoms with Gasteiger partial charge in [-0.15, -0.1) is 0 Å². The summed E-state index contributed by atoms with van der Waals surface area (Å²) in [6.07, 6.45) is 3.35. The third-order valence-corrected chi connectivity index (χ3v) is 5.30. The van der Waals surface area contributed by atoms with Gasteiger partial charge in [0.1, 0.15) is 11.9 Å². The van der Waals surface area contributed by atoms with E-state index in [2.05, 4.69) is 21.1 Å². The first kappa shape index (κ1) is 20.9. The topological polar surface area (TPSA) is 112 Å². The molecule has 0 saturated carbocycles. The lowest BCUT2D eigenvalue weighted by atomic mass is 9.97. The predicted molar refractivity (Wildman–Crippen MR) is 111 cm³/mol. The molecule has 3 aromatic rings. The summed E-state index contributed by atoms with van der Waals surface area (Å²) in [5.41, 5.74) is 7.66. The van der Waals surface area contributed by atoms with Gasteiger partial charge in [-0.05, 0) is 31.0 Å². The van der Waals surface area contributed by atoms with Crippen LogP contribution in [0.1, 0.15) is 41.8 Å². The molecule has 0 radical (unpaired) electrons. The van der Waals surface area contributed by atoms with Crippen molar-refractivity contribution in [1.82, 2.24) is 19.7 Å². The van der Waals surface area contributed by atoms with Crippen LogP contribution in [0.5, 0.6) is 11.6 Å². The highest BCUT2D eigenvalue weighted by Crippen LogP contribution is 2.35. The minimum absolute atomic E-state index is 0.135. The van der Waals surface area contributed by atoms with Gasteiger partial charge in [-0.3, -0.25) is 0 Å². The number of nitrogens with two attached hydrogens (primary N) is 1. The highest BCUT2D eigenvalue weighted by Gasteiger charge is 2.21. The number of ether oxygens (including phenoxy) is 2. The van der Waals surface area contributed by atoms with Crippen LogP contribution in [0.25, 0.3) is 11.4 Å². The first-order chi connectivity index (χ1) is 15.1. The molecule has 2 N–H and O–H groups in total. The highest BCUT2D eigenvalue weighted by atomic mass is 19.1. The molecular weight excluding hydrogens is 399 g/mol. The van der Waals surface area contributed by atoms with Crippen LogP contribution in [-0.4, -0.2) is 39.5 Å². The van der Waals surface area contributed by atoms with E-state index in [9.17, 15) is 9.65 Å². The van der Waals surface area contributed by atoms with Crippen LogP contribution in [0.4, 0.5) is 4.39 Å². The van der Waals surface area contributed by atoms with Crippen molar-refractivity contribution in [3.05, 3.63) is 53.5 Å². The van der Waals surface area contributed by atoms with Crippen LogP contribution in [0, 0.1) is 11.3 Å². The molecule has 1 fully saturated rings. The summed E-state index contributed by atoms with van der Waals surface area (Å²) in [6.45, 7) is 1.32. The summed E-state index contributed by atoms with van der Waals surface area (Å²) >= 11 is 0. The number of benzene rings is 1. The lowest BCUT2D eigenvalue weighted by Crippen LogP contribution is -2.14. The van der Waals surface area contributed by atoms with Gasteiger partial charge in [0.15, 0.2) is 5.82 Å². The SMILES string of the molecule is Cn1nc(C2CCOCC2)cc1Oc1cc(C#N)ccc1-c1ncc([C@@H](F)CN)cn1. The number of nitriles is 1. The van der Waals surface area contributed by atoms with E-state index in [-0.39, 0.29) is 6.54 Å². The van der Waals surface area contributed by atoms with Crippen LogP contribution in [-0.2, 0) is 11.8 Å². The number of alkyl halides is 1. The Bertz CT molecular complexity index is 1090. The van der Waals surface area contributed by atoms with E-state index < -0.39 is 6.17 Å². The second-order valence-electron chi connectivity index (χ2n) is 7.39. The van der Waals surface area contributed by atoms with Gasteiger partial charge in [-0.2, -0.15) is 10.4 Å². The Kier molecular flexibility index (Phi) is 6.21. The van der Waals surface area contributed by atoms with E-state index in [4.69, 9.17) is 15.2 Å². The molecule has 0 amide bonds. The van der Waals surface area contributed by atoms with Crippen molar-refractivity contribution in [3.63, 3.8) is 0 Å². The summed E-state index contributed by atoms with van der Waals surface area (Å²) < 4.78 is 27.0. The Morgan fingerprint density at radius 3 is 2.71 bits per heavy atom. The maximum Gasteiger partial charge on any atom is 0.217 e. The summed E-state index contributed by atoms with van der Waals surface area (Å²) in [6, 6.07) is 9.04. The van der Waals surface area contributed by atoms with E-state index in [0.29, 0.717) is 40.1 Å². The molecule has 0 aliphatic carbocycles. The van der Waals surface area contributed by atoms with Crippen LogP contribution < -0.4 is 10.5 Å². The summed E-state index contributed by atoms with van der Waals surface area (Å²) in [5, 5.41) is 13.9. The van der Waals surface area contributed by atoms with Crippen LogP contribution in [0.2, 0.25) is 0 Å². The second-order valence-corrected chi connectivity index (χ2v) is 7.39. The molecule has 0 spiro atoms. The maximum absolute atomic E-state index is 13.8. The number of rotatable bonds is 6. The smallest absolute Gasteiger partial charge is 0.217 e. The van der Waals surface area contributed by atoms with Crippen molar-refractivity contribution < 1.29 is 13.9 Å². The lowest BCUT2D eigenvalue weighted by molar-refractivity contribution is 0.0844. The van der Waals surface area contributed by atoms with Crippen molar-refractivity contribution in [2.24, 2.45) is 12.8 Å². The monoisotopic (exact) mass is 422 g/mol. The molecule has 1 atom stereocenters. The van der Waals surface area contributed by atoms with Gasteiger partial charge < -0.3 is 15.2 Å². The van der Waals surface area contributed by atoms with E-state index in [0.717, 1.165) is 31.7 Å². The quantitative estimate of drug-likeness (QED) is 0.648. The number of hydrogen-bond donors (Lipinski definition) is 1. The van der Waals surface area contributed by atoms with Crippen LogP contribution in [0.15, 0.2) is 36.7 Å². The van der Waals surface area contributed by atoms with Gasteiger partial charge in [-0.1, -0.05) is 0 Å². The third kappa shape index (κ3) is 4.55. The lowest BCUT2D eigenvalue weighted by Gasteiger charge is -2.19. The Morgan fingerprint density at radius 2 is 2.03 bits per heavy atom. The zero-order valence-corrected chi connectivity index (χ0v) is 17.2. The maximum atomic E-state index is 13.8. The molecule has 31 heavy (non-hydrogen) atoms. The van der Waals surface area contributed by atoms with Gasteiger partial charge in [0.2, 0.25) is 5.88 Å². The first-order valence-corrected chi connectivity index (χ1v) is 10.1. The molecule has 1 aliphatic rings. The standard InChI is InChI=1S/C22H23FN6O2/c1-29-21(9-19(28-29)15-4-6-30-7-5-15)31-20-8-14(10-24)2-3-17(20)22-26-12-16(13-27-22)18(23)11-25/h2-3,8-9,12-13,15,18H,4-7,11,25H2,1H3/t18-/m0/s1. The Labute approximate surface area is 179 Å². The molecule has 0 unspecified atom stereocenters. The predicted octanol–water partition coefficient (Wildman–Crippen LogP) is 3.40. The van der Waals surface area contributed by atoms with Crippen LogP contribution in [0.3, 0.4) is 0 Å². The molecule has 1 aromatic carbocycles. The van der Waals surface area contributed by atoms with Gasteiger partial charge in [0.05, 0.1) is 22.9 Å². The average molecular weight is 422 g/mol. The van der Waals surface area contributed by atoms with Crippen molar-refractivity contribution in [2.75, 3.05) is 19.8 Å². The molecule has 1 aliphatic heterocycles. The largest absolute Gasteiger partial charge is 0.438 e. The van der Waals surface area contributed by atoms with Crippen LogP contribution >= 0.6 is 0 Å². The second kappa shape index (κ2) is 9.20. The minimum Gasteiger partial charge on any atom is -0.438 e. The number of aromatic nitrogens is 4. The van der Waals surface area contributed by atoms with Gasteiger partial charge in [-0.25, -0.2) is 19.0 Å². The summed E-state index contributed by atoms with van der Waals surface area (Å²) in [7, 11) is 1.81. The molecule has 0 bridgehead atoms. The average Bonchev–Trinajstić information content (AvgIpc) is 3.19. The van der Waals surface area contributed by atoms with Gasteiger partial charge in [0.25, 0.3) is 0 Å². The summed E-state index contributed by atoms with van der Waals surface area (Å²) in [5.74, 6) is 1.65. The van der Waals surface area contributed by atoms with Gasteiger partial charge >= 0.3 is 0 Å². The fourth-order valence-corrected chi connectivity index (χ4v) is 3.51. The number of hydrogen-bond acceptors (Lipinski definition) is 7. The van der Waals surface area contributed by atoms with E-state index in [1.54, 1.807) is 22.9 Å². The zero-order chi connectivity index (χ0) is 21.8. The molecule has 3 heterocycles. The molecule has 2 aromatic heterocycles. The minimum atomic E-state index is -1.32. The number of nitrogens with zero attached hydrogens (tertiary/aromatic N) is 5. The fourth-order valence-electron chi connectivity index (χ4n) is 3.51. The van der Waals surface area contributed by atoms with Crippen molar-refractivity contribution in [2.45, 2.75) is 24.9 Å². The Hall–Kier alpha value is -3.35. The van der Waals surface area contributed by atoms with E-state index in [1.165, 1.54) is 12.4 Å². The van der Waals surface area contributed by atoms with E-state index in [1.807, 2.05) is 13.1 Å². The normalized spacial score (nSPS) is 15.4. The number of halogens is 1. The first-order valence-electron chi connectivity index (χ1n) is 10.1. The van der Waals surface area contributed by atoms with Crippen molar-refractivity contribution in [3.8, 4) is 29.1 Å². The third-order valence-electron chi connectivity index (χ3n) is 5.30. The molecule has 4 rings (SSSR count). The molecule has 1 saturated heterocycles. The molecule has 9 heteroatoms. The highest BCUT2D eigenvalue weighted by molar-refractivity contribution is 5.66. The van der Waals surface area contributed by atoms with Crippen molar-refractivity contribution in [1.29, 1.82) is 5.26 Å². The Morgan fingerprint density at radius 1 is 1.29 bits per heavy atom.